The Kier molecular flexibility index (Phi) is 6.13. The Morgan fingerprint density at radius 3 is 2.72 bits per heavy atom. The van der Waals surface area contributed by atoms with Crippen LogP contribution in [0.5, 0.6) is 0 Å². The minimum absolute atomic E-state index is 0.122. The number of carbonyl (C=O) groups is 1. The number of carbonyl (C=O) groups excluding carboxylic acids is 1. The summed E-state index contributed by atoms with van der Waals surface area (Å²) in [5, 5.41) is 3.07. The summed E-state index contributed by atoms with van der Waals surface area (Å²) < 4.78 is 0. The van der Waals surface area contributed by atoms with Crippen molar-refractivity contribution < 1.29 is 4.79 Å². The first-order chi connectivity index (χ1) is 8.51. The molecule has 0 spiro atoms. The van der Waals surface area contributed by atoms with E-state index in [4.69, 9.17) is 5.73 Å². The van der Waals surface area contributed by atoms with E-state index in [2.05, 4.69) is 12.2 Å². The quantitative estimate of drug-likeness (QED) is 0.765. The zero-order valence-electron chi connectivity index (χ0n) is 12.3. The molecule has 1 saturated carbocycles. The summed E-state index contributed by atoms with van der Waals surface area (Å²) in [5.74, 6) is 1.79. The van der Waals surface area contributed by atoms with Gasteiger partial charge in [-0.3, -0.25) is 4.79 Å². The average molecular weight is 254 g/mol. The van der Waals surface area contributed by atoms with E-state index in [1.54, 1.807) is 0 Å². The first-order valence-corrected chi connectivity index (χ1v) is 7.50. The summed E-state index contributed by atoms with van der Waals surface area (Å²) in [4.78, 5) is 12.0. The van der Waals surface area contributed by atoms with Crippen LogP contribution in [0.1, 0.15) is 59.3 Å². The van der Waals surface area contributed by atoms with Gasteiger partial charge in [0.2, 0.25) is 5.91 Å². The number of nitrogens with two attached hydrogens (primary N) is 1. The Morgan fingerprint density at radius 1 is 1.44 bits per heavy atom. The minimum Gasteiger partial charge on any atom is -0.356 e. The van der Waals surface area contributed by atoms with Gasteiger partial charge >= 0.3 is 0 Å². The van der Waals surface area contributed by atoms with Crippen LogP contribution in [0.2, 0.25) is 0 Å². The van der Waals surface area contributed by atoms with E-state index in [1.807, 2.05) is 13.8 Å². The molecule has 3 atom stereocenters. The summed E-state index contributed by atoms with van der Waals surface area (Å²) in [5.41, 5.74) is 5.30. The predicted octanol–water partition coefficient (Wildman–Crippen LogP) is 2.69. The maximum absolute atomic E-state index is 12.0. The summed E-state index contributed by atoms with van der Waals surface area (Å²) in [6.45, 7) is 7.55. The van der Waals surface area contributed by atoms with Gasteiger partial charge in [-0.25, -0.2) is 0 Å². The van der Waals surface area contributed by atoms with Crippen LogP contribution in [0.3, 0.4) is 0 Å². The van der Waals surface area contributed by atoms with Gasteiger partial charge in [0.25, 0.3) is 0 Å². The monoisotopic (exact) mass is 254 g/mol. The molecule has 0 heterocycles. The van der Waals surface area contributed by atoms with Gasteiger partial charge < -0.3 is 11.1 Å². The molecule has 1 aliphatic carbocycles. The second-order valence-electron chi connectivity index (χ2n) is 6.30. The first-order valence-electron chi connectivity index (χ1n) is 7.50. The Labute approximate surface area is 112 Å². The van der Waals surface area contributed by atoms with E-state index in [-0.39, 0.29) is 11.3 Å². The summed E-state index contributed by atoms with van der Waals surface area (Å²) in [6, 6.07) is 0. The molecule has 3 unspecified atom stereocenters. The van der Waals surface area contributed by atoms with E-state index < -0.39 is 0 Å². The molecule has 1 rings (SSSR count). The van der Waals surface area contributed by atoms with E-state index in [0.717, 1.165) is 31.2 Å². The van der Waals surface area contributed by atoms with E-state index in [1.165, 1.54) is 25.7 Å². The molecular formula is C15H30N2O. The van der Waals surface area contributed by atoms with Crippen LogP contribution in [0.4, 0.5) is 0 Å². The second-order valence-corrected chi connectivity index (χ2v) is 6.30. The van der Waals surface area contributed by atoms with Crippen molar-refractivity contribution >= 4 is 5.91 Å². The second kappa shape index (κ2) is 7.13. The van der Waals surface area contributed by atoms with E-state index in [0.29, 0.717) is 6.54 Å². The topological polar surface area (TPSA) is 55.1 Å². The van der Waals surface area contributed by atoms with Gasteiger partial charge in [0, 0.05) is 13.1 Å². The maximum atomic E-state index is 12.0. The largest absolute Gasteiger partial charge is 0.356 e. The third-order valence-corrected chi connectivity index (χ3v) is 4.66. The van der Waals surface area contributed by atoms with Crippen molar-refractivity contribution in [1.82, 2.24) is 5.32 Å². The number of amides is 1. The van der Waals surface area contributed by atoms with Gasteiger partial charge in [-0.05, 0) is 38.0 Å². The van der Waals surface area contributed by atoms with Crippen molar-refractivity contribution in [3.05, 3.63) is 0 Å². The Balaban J connectivity index is 2.26. The van der Waals surface area contributed by atoms with Crippen LogP contribution in [-0.2, 0) is 4.79 Å². The molecule has 18 heavy (non-hydrogen) atoms. The highest BCUT2D eigenvalue weighted by Crippen LogP contribution is 2.30. The summed E-state index contributed by atoms with van der Waals surface area (Å²) in [6.07, 6.45) is 7.33. The molecule has 3 heteroatoms. The highest BCUT2D eigenvalue weighted by atomic mass is 16.2. The van der Waals surface area contributed by atoms with Crippen molar-refractivity contribution in [3.8, 4) is 0 Å². The van der Waals surface area contributed by atoms with Crippen LogP contribution in [0, 0.1) is 17.3 Å². The first kappa shape index (κ1) is 15.5. The van der Waals surface area contributed by atoms with Crippen LogP contribution in [0.15, 0.2) is 0 Å². The van der Waals surface area contributed by atoms with Gasteiger partial charge in [0.15, 0.2) is 0 Å². The SMILES string of the molecule is CCC(C)(CN)C(=O)NCCC1CCCC(C)C1. The Bertz CT molecular complexity index is 261. The summed E-state index contributed by atoms with van der Waals surface area (Å²) >= 11 is 0. The highest BCUT2D eigenvalue weighted by Gasteiger charge is 2.29. The molecule has 0 aliphatic heterocycles. The maximum Gasteiger partial charge on any atom is 0.227 e. The fourth-order valence-corrected chi connectivity index (χ4v) is 2.82. The van der Waals surface area contributed by atoms with Crippen molar-refractivity contribution in [1.29, 1.82) is 0 Å². The third-order valence-electron chi connectivity index (χ3n) is 4.66. The number of hydrogen-bond donors (Lipinski definition) is 2. The molecule has 0 aromatic heterocycles. The molecule has 1 amide bonds. The molecule has 3 nitrogen and oxygen atoms in total. The average Bonchev–Trinajstić information content (AvgIpc) is 2.37. The molecule has 3 N–H and O–H groups in total. The Hall–Kier alpha value is -0.570. The van der Waals surface area contributed by atoms with Crippen LogP contribution < -0.4 is 11.1 Å². The molecular weight excluding hydrogens is 224 g/mol. The van der Waals surface area contributed by atoms with E-state index in [9.17, 15) is 4.79 Å². The van der Waals surface area contributed by atoms with Crippen LogP contribution in [0.25, 0.3) is 0 Å². The number of nitrogens with one attached hydrogen (secondary N) is 1. The summed E-state index contributed by atoms with van der Waals surface area (Å²) in [7, 11) is 0. The normalized spacial score (nSPS) is 27.6. The molecule has 1 fully saturated rings. The van der Waals surface area contributed by atoms with Gasteiger partial charge in [-0.1, -0.05) is 33.1 Å². The molecule has 0 bridgehead atoms. The van der Waals surface area contributed by atoms with Crippen molar-refractivity contribution in [2.45, 2.75) is 59.3 Å². The standard InChI is InChI=1S/C15H30N2O/c1-4-15(3,11-16)14(18)17-9-8-13-7-5-6-12(2)10-13/h12-13H,4-11,16H2,1-3H3,(H,17,18). The molecule has 0 aromatic rings. The van der Waals surface area contributed by atoms with Crippen LogP contribution >= 0.6 is 0 Å². The van der Waals surface area contributed by atoms with Gasteiger partial charge in [0.1, 0.15) is 0 Å². The molecule has 0 aromatic carbocycles. The van der Waals surface area contributed by atoms with Crippen molar-refractivity contribution in [3.63, 3.8) is 0 Å². The molecule has 0 radical (unpaired) electrons. The zero-order chi connectivity index (χ0) is 13.6. The smallest absolute Gasteiger partial charge is 0.227 e. The van der Waals surface area contributed by atoms with Gasteiger partial charge in [-0.2, -0.15) is 0 Å². The fraction of sp³-hybridized carbons (Fsp3) is 0.933. The van der Waals surface area contributed by atoms with Gasteiger partial charge in [-0.15, -0.1) is 0 Å². The highest BCUT2D eigenvalue weighted by molar-refractivity contribution is 5.82. The van der Waals surface area contributed by atoms with Crippen molar-refractivity contribution in [2.75, 3.05) is 13.1 Å². The molecule has 106 valence electrons. The molecule has 1 aliphatic rings. The number of hydrogen-bond acceptors (Lipinski definition) is 2. The van der Waals surface area contributed by atoms with Crippen molar-refractivity contribution in [2.24, 2.45) is 23.0 Å². The third kappa shape index (κ3) is 4.27. The lowest BCUT2D eigenvalue weighted by molar-refractivity contribution is -0.129. The lowest BCUT2D eigenvalue weighted by Crippen LogP contribution is -2.44. The predicted molar refractivity (Wildman–Crippen MR) is 76.2 cm³/mol. The molecule has 0 saturated heterocycles. The Morgan fingerprint density at radius 2 is 2.17 bits per heavy atom. The van der Waals surface area contributed by atoms with Crippen LogP contribution in [-0.4, -0.2) is 19.0 Å². The lowest BCUT2D eigenvalue weighted by Gasteiger charge is -2.28. The zero-order valence-corrected chi connectivity index (χ0v) is 12.3. The van der Waals surface area contributed by atoms with Gasteiger partial charge in [0.05, 0.1) is 5.41 Å². The van der Waals surface area contributed by atoms with E-state index >= 15 is 0 Å². The fourth-order valence-electron chi connectivity index (χ4n) is 2.82. The lowest BCUT2D eigenvalue weighted by atomic mass is 9.81. The minimum atomic E-state index is -0.389. The number of rotatable bonds is 6.